The van der Waals surface area contributed by atoms with Crippen molar-refractivity contribution >= 4 is 23.0 Å². The smallest absolute Gasteiger partial charge is 0.231 e. The minimum absolute atomic E-state index is 0.323. The Hall–Kier alpha value is -2.51. The molecule has 28 heavy (non-hydrogen) atoms. The molecule has 2 aliphatic rings. The van der Waals surface area contributed by atoms with Crippen LogP contribution in [0.15, 0.2) is 42.5 Å². The van der Waals surface area contributed by atoms with Crippen LogP contribution in [-0.4, -0.2) is 49.6 Å². The van der Waals surface area contributed by atoms with Gasteiger partial charge in [0.15, 0.2) is 16.6 Å². The van der Waals surface area contributed by atoms with Crippen LogP contribution in [0, 0.1) is 0 Å². The summed E-state index contributed by atoms with van der Waals surface area (Å²) in [6.07, 6.45) is 0. The lowest BCUT2D eigenvalue weighted by atomic mass is 10.1. The van der Waals surface area contributed by atoms with E-state index in [1.54, 1.807) is 4.90 Å². The number of anilines is 1. The molecule has 2 aliphatic heterocycles. The number of fused-ring (bicyclic) bond motifs is 1. The number of hydrogen-bond acceptors (Lipinski definition) is 4. The molecule has 4 rings (SSSR count). The number of quaternary nitrogens is 1. The third kappa shape index (κ3) is 4.48. The molecule has 0 aromatic heterocycles. The van der Waals surface area contributed by atoms with E-state index in [9.17, 15) is 0 Å². The van der Waals surface area contributed by atoms with Crippen molar-refractivity contribution in [1.82, 2.24) is 4.90 Å². The average Bonchev–Trinajstić information content (AvgIpc) is 3.18. The summed E-state index contributed by atoms with van der Waals surface area (Å²) in [5.74, 6) is 2.57. The van der Waals surface area contributed by atoms with Gasteiger partial charge in [-0.05, 0) is 61.6 Å². The molecule has 7 heteroatoms. The van der Waals surface area contributed by atoms with Crippen molar-refractivity contribution in [2.45, 2.75) is 13.5 Å². The average molecular weight is 401 g/mol. The van der Waals surface area contributed by atoms with Crippen LogP contribution < -0.4 is 24.4 Å². The Kier molecular flexibility index (Phi) is 5.83. The molecule has 1 saturated heterocycles. The maximum atomic E-state index is 5.61. The summed E-state index contributed by atoms with van der Waals surface area (Å²) in [6.45, 7) is 7.97. The number of nitrogens with zero attached hydrogens (tertiary/aromatic N) is 1. The SMILES string of the molecule is CCOc1ccc(NC(=S)N2CC[NH+](Cc3ccc4c(c3)OCO4)CC2)cc1. The van der Waals surface area contributed by atoms with E-state index < -0.39 is 0 Å². The number of piperazine rings is 1. The zero-order chi connectivity index (χ0) is 19.3. The molecule has 0 bridgehead atoms. The van der Waals surface area contributed by atoms with Gasteiger partial charge in [-0.25, -0.2) is 0 Å². The molecule has 2 aromatic rings. The molecule has 0 unspecified atom stereocenters. The van der Waals surface area contributed by atoms with Crippen LogP contribution in [-0.2, 0) is 6.54 Å². The molecule has 0 saturated carbocycles. The van der Waals surface area contributed by atoms with E-state index in [0.717, 1.165) is 60.8 Å². The molecule has 2 aromatic carbocycles. The van der Waals surface area contributed by atoms with Gasteiger partial charge in [-0.1, -0.05) is 0 Å². The molecular weight excluding hydrogens is 374 g/mol. The topological polar surface area (TPSA) is 47.4 Å². The van der Waals surface area contributed by atoms with Crippen molar-refractivity contribution in [3.05, 3.63) is 48.0 Å². The van der Waals surface area contributed by atoms with E-state index in [2.05, 4.69) is 22.3 Å². The second kappa shape index (κ2) is 8.67. The maximum Gasteiger partial charge on any atom is 0.231 e. The number of benzene rings is 2. The zero-order valence-electron chi connectivity index (χ0n) is 16.1. The molecule has 1 fully saturated rings. The predicted molar refractivity (Wildman–Crippen MR) is 112 cm³/mol. The van der Waals surface area contributed by atoms with E-state index in [0.29, 0.717) is 13.4 Å². The summed E-state index contributed by atoms with van der Waals surface area (Å²) >= 11 is 5.61. The van der Waals surface area contributed by atoms with Gasteiger partial charge in [-0.3, -0.25) is 0 Å². The van der Waals surface area contributed by atoms with Crippen LogP contribution in [0.3, 0.4) is 0 Å². The summed E-state index contributed by atoms with van der Waals surface area (Å²) in [5.41, 5.74) is 2.27. The predicted octanol–water partition coefficient (Wildman–Crippen LogP) is 1.91. The molecule has 0 atom stereocenters. The van der Waals surface area contributed by atoms with Crippen LogP contribution in [0.2, 0.25) is 0 Å². The van der Waals surface area contributed by atoms with E-state index in [1.165, 1.54) is 5.56 Å². The molecule has 0 radical (unpaired) electrons. The third-order valence-corrected chi connectivity index (χ3v) is 5.43. The Balaban J connectivity index is 1.26. The monoisotopic (exact) mass is 400 g/mol. The van der Waals surface area contributed by atoms with Gasteiger partial charge in [0.25, 0.3) is 0 Å². The molecular formula is C21H26N3O3S+. The van der Waals surface area contributed by atoms with Crippen molar-refractivity contribution < 1.29 is 19.1 Å². The van der Waals surface area contributed by atoms with E-state index in [-0.39, 0.29) is 0 Å². The Morgan fingerprint density at radius 1 is 1.11 bits per heavy atom. The summed E-state index contributed by atoms with van der Waals surface area (Å²) in [5, 5.41) is 4.12. The standard InChI is InChI=1S/C21H25N3O3S/c1-2-25-18-6-4-17(5-7-18)22-21(28)24-11-9-23(10-12-24)14-16-3-8-19-20(13-16)27-15-26-19/h3-8,13H,2,9-12,14-15H2,1H3,(H,22,28)/p+1. The lowest BCUT2D eigenvalue weighted by Crippen LogP contribution is -3.13. The van der Waals surface area contributed by atoms with Crippen molar-refractivity contribution in [2.75, 3.05) is 44.9 Å². The minimum Gasteiger partial charge on any atom is -0.494 e. The van der Waals surface area contributed by atoms with Gasteiger partial charge in [0.1, 0.15) is 12.3 Å². The second-order valence-electron chi connectivity index (χ2n) is 6.99. The highest BCUT2D eigenvalue weighted by molar-refractivity contribution is 7.80. The van der Waals surface area contributed by atoms with Crippen molar-refractivity contribution in [3.8, 4) is 17.2 Å². The minimum atomic E-state index is 0.323. The molecule has 0 spiro atoms. The number of hydrogen-bond donors (Lipinski definition) is 2. The van der Waals surface area contributed by atoms with Gasteiger partial charge in [0, 0.05) is 11.3 Å². The first-order valence-electron chi connectivity index (χ1n) is 9.72. The van der Waals surface area contributed by atoms with Crippen molar-refractivity contribution in [1.29, 1.82) is 0 Å². The Morgan fingerprint density at radius 3 is 2.61 bits per heavy atom. The van der Waals surface area contributed by atoms with Crippen LogP contribution in [0.1, 0.15) is 12.5 Å². The fraction of sp³-hybridized carbons (Fsp3) is 0.381. The molecule has 0 amide bonds. The van der Waals surface area contributed by atoms with E-state index >= 15 is 0 Å². The number of thiocarbonyl (C=S) groups is 1. The van der Waals surface area contributed by atoms with Crippen molar-refractivity contribution in [3.63, 3.8) is 0 Å². The van der Waals surface area contributed by atoms with Crippen LogP contribution in [0.5, 0.6) is 17.2 Å². The van der Waals surface area contributed by atoms with Crippen LogP contribution in [0.4, 0.5) is 5.69 Å². The summed E-state index contributed by atoms with van der Waals surface area (Å²) in [4.78, 5) is 3.80. The number of nitrogens with one attached hydrogen (secondary N) is 2. The Morgan fingerprint density at radius 2 is 1.86 bits per heavy atom. The lowest BCUT2D eigenvalue weighted by Gasteiger charge is -2.34. The highest BCUT2D eigenvalue weighted by Gasteiger charge is 2.23. The van der Waals surface area contributed by atoms with Gasteiger partial charge in [0.2, 0.25) is 6.79 Å². The largest absolute Gasteiger partial charge is 0.494 e. The van der Waals surface area contributed by atoms with Crippen molar-refractivity contribution in [2.24, 2.45) is 0 Å². The summed E-state index contributed by atoms with van der Waals surface area (Å²) in [7, 11) is 0. The first kappa shape index (κ1) is 18.8. The normalized spacial score (nSPS) is 16.1. The second-order valence-corrected chi connectivity index (χ2v) is 7.38. The summed E-state index contributed by atoms with van der Waals surface area (Å²) < 4.78 is 16.3. The van der Waals surface area contributed by atoms with Gasteiger partial charge >= 0.3 is 0 Å². The molecule has 6 nitrogen and oxygen atoms in total. The number of ether oxygens (including phenoxy) is 3. The Bertz CT molecular complexity index is 820. The summed E-state index contributed by atoms with van der Waals surface area (Å²) in [6, 6.07) is 14.1. The van der Waals surface area contributed by atoms with Gasteiger partial charge < -0.3 is 29.3 Å². The highest BCUT2D eigenvalue weighted by Crippen LogP contribution is 2.32. The lowest BCUT2D eigenvalue weighted by molar-refractivity contribution is -0.917. The first-order valence-corrected chi connectivity index (χ1v) is 10.1. The van der Waals surface area contributed by atoms with Gasteiger partial charge in [-0.15, -0.1) is 0 Å². The Labute approximate surface area is 171 Å². The van der Waals surface area contributed by atoms with E-state index in [4.69, 9.17) is 26.4 Å². The van der Waals surface area contributed by atoms with Crippen LogP contribution in [0.25, 0.3) is 0 Å². The zero-order valence-corrected chi connectivity index (χ0v) is 16.9. The van der Waals surface area contributed by atoms with Gasteiger partial charge in [0.05, 0.1) is 32.8 Å². The fourth-order valence-corrected chi connectivity index (χ4v) is 3.85. The van der Waals surface area contributed by atoms with E-state index in [1.807, 2.05) is 37.3 Å². The first-order chi connectivity index (χ1) is 13.7. The third-order valence-electron chi connectivity index (χ3n) is 5.07. The highest BCUT2D eigenvalue weighted by atomic mass is 32.1. The molecule has 2 heterocycles. The molecule has 148 valence electrons. The van der Waals surface area contributed by atoms with Gasteiger partial charge in [-0.2, -0.15) is 0 Å². The quantitative estimate of drug-likeness (QED) is 0.748. The number of rotatable bonds is 5. The molecule has 2 N–H and O–H groups in total. The van der Waals surface area contributed by atoms with Crippen LogP contribution >= 0.6 is 12.2 Å². The fourth-order valence-electron chi connectivity index (χ4n) is 3.55. The molecule has 0 aliphatic carbocycles. The maximum absolute atomic E-state index is 5.61.